The SMILES string of the molecule is N#Cc1cnc(NCC2CCC(=O)N2)c(N)c1. The van der Waals surface area contributed by atoms with Crippen LogP contribution in [0.2, 0.25) is 0 Å². The second kappa shape index (κ2) is 4.70. The molecule has 0 aliphatic carbocycles. The predicted octanol–water partition coefficient (Wildman–Crippen LogP) is 0.226. The molecule has 17 heavy (non-hydrogen) atoms. The molecule has 6 heteroatoms. The van der Waals surface area contributed by atoms with Gasteiger partial charge in [0.15, 0.2) is 0 Å². The number of amides is 1. The number of nitrogens with two attached hydrogens (primary N) is 1. The Labute approximate surface area is 98.8 Å². The molecule has 1 fully saturated rings. The van der Waals surface area contributed by atoms with E-state index in [1.54, 1.807) is 6.07 Å². The molecule has 1 aromatic heterocycles. The summed E-state index contributed by atoms with van der Waals surface area (Å²) in [5, 5.41) is 14.6. The predicted molar refractivity (Wildman–Crippen MR) is 63.0 cm³/mol. The highest BCUT2D eigenvalue weighted by Crippen LogP contribution is 2.16. The van der Waals surface area contributed by atoms with Crippen molar-refractivity contribution in [3.63, 3.8) is 0 Å². The number of anilines is 2. The van der Waals surface area contributed by atoms with E-state index in [9.17, 15) is 4.79 Å². The van der Waals surface area contributed by atoms with Crippen LogP contribution in [0.4, 0.5) is 11.5 Å². The molecule has 2 rings (SSSR count). The van der Waals surface area contributed by atoms with E-state index in [1.165, 1.54) is 6.20 Å². The average Bonchev–Trinajstić information content (AvgIpc) is 2.73. The van der Waals surface area contributed by atoms with E-state index in [2.05, 4.69) is 15.6 Å². The topological polar surface area (TPSA) is 104 Å². The summed E-state index contributed by atoms with van der Waals surface area (Å²) >= 11 is 0. The normalized spacial score (nSPS) is 18.5. The van der Waals surface area contributed by atoms with E-state index in [0.717, 1.165) is 6.42 Å². The van der Waals surface area contributed by atoms with Gasteiger partial charge in [0, 0.05) is 25.2 Å². The first kappa shape index (κ1) is 11.2. The molecule has 0 bridgehead atoms. The van der Waals surface area contributed by atoms with Crippen LogP contribution in [0.5, 0.6) is 0 Å². The second-order valence-corrected chi connectivity index (χ2v) is 3.96. The minimum Gasteiger partial charge on any atom is -0.396 e. The Morgan fingerprint density at radius 2 is 2.53 bits per heavy atom. The quantitative estimate of drug-likeness (QED) is 0.690. The summed E-state index contributed by atoms with van der Waals surface area (Å²) in [6.07, 6.45) is 2.86. The highest BCUT2D eigenvalue weighted by atomic mass is 16.1. The number of nitrogens with zero attached hydrogens (tertiary/aromatic N) is 2. The molecular weight excluding hydrogens is 218 g/mol. The Balaban J connectivity index is 1.95. The molecule has 1 unspecified atom stereocenters. The smallest absolute Gasteiger partial charge is 0.220 e. The zero-order valence-electron chi connectivity index (χ0n) is 9.23. The van der Waals surface area contributed by atoms with Gasteiger partial charge in [-0.25, -0.2) is 4.98 Å². The van der Waals surface area contributed by atoms with Crippen molar-refractivity contribution >= 4 is 17.4 Å². The van der Waals surface area contributed by atoms with Crippen LogP contribution in [0.15, 0.2) is 12.3 Å². The van der Waals surface area contributed by atoms with Crippen LogP contribution in [0.3, 0.4) is 0 Å². The molecule has 1 atom stereocenters. The van der Waals surface area contributed by atoms with E-state index in [0.29, 0.717) is 30.0 Å². The highest BCUT2D eigenvalue weighted by Gasteiger charge is 2.20. The van der Waals surface area contributed by atoms with Crippen LogP contribution in [0, 0.1) is 11.3 Å². The van der Waals surface area contributed by atoms with Gasteiger partial charge < -0.3 is 16.4 Å². The third-order valence-electron chi connectivity index (χ3n) is 2.65. The lowest BCUT2D eigenvalue weighted by Crippen LogP contribution is -2.32. The molecule has 88 valence electrons. The Hall–Kier alpha value is -2.29. The number of hydrogen-bond acceptors (Lipinski definition) is 5. The number of nitrogens with one attached hydrogen (secondary N) is 2. The summed E-state index contributed by atoms with van der Waals surface area (Å²) in [5.74, 6) is 0.628. The van der Waals surface area contributed by atoms with Crippen molar-refractivity contribution in [2.24, 2.45) is 0 Å². The minimum absolute atomic E-state index is 0.0811. The van der Waals surface area contributed by atoms with Crippen molar-refractivity contribution in [1.82, 2.24) is 10.3 Å². The van der Waals surface area contributed by atoms with Gasteiger partial charge >= 0.3 is 0 Å². The number of aromatic nitrogens is 1. The van der Waals surface area contributed by atoms with Crippen molar-refractivity contribution in [3.05, 3.63) is 17.8 Å². The fourth-order valence-corrected chi connectivity index (χ4v) is 1.74. The molecule has 0 saturated carbocycles. The maximum Gasteiger partial charge on any atom is 0.220 e. The van der Waals surface area contributed by atoms with Gasteiger partial charge in [-0.05, 0) is 12.5 Å². The second-order valence-electron chi connectivity index (χ2n) is 3.96. The Morgan fingerprint density at radius 3 is 3.12 bits per heavy atom. The maximum absolute atomic E-state index is 11.0. The summed E-state index contributed by atoms with van der Waals surface area (Å²) in [6, 6.07) is 3.67. The van der Waals surface area contributed by atoms with Gasteiger partial charge in [0.2, 0.25) is 5.91 Å². The van der Waals surface area contributed by atoms with Crippen molar-refractivity contribution in [2.75, 3.05) is 17.6 Å². The average molecular weight is 231 g/mol. The van der Waals surface area contributed by atoms with Gasteiger partial charge in [0.05, 0.1) is 11.3 Å². The number of carbonyl (C=O) groups excluding carboxylic acids is 1. The van der Waals surface area contributed by atoms with Gasteiger partial charge in [0.25, 0.3) is 0 Å². The van der Waals surface area contributed by atoms with Crippen LogP contribution in [-0.4, -0.2) is 23.5 Å². The number of rotatable bonds is 3. The lowest BCUT2D eigenvalue weighted by molar-refractivity contribution is -0.119. The van der Waals surface area contributed by atoms with E-state index in [-0.39, 0.29) is 11.9 Å². The monoisotopic (exact) mass is 231 g/mol. The molecular formula is C11H13N5O. The van der Waals surface area contributed by atoms with Crippen LogP contribution in [0.25, 0.3) is 0 Å². The van der Waals surface area contributed by atoms with Crippen LogP contribution < -0.4 is 16.4 Å². The largest absolute Gasteiger partial charge is 0.396 e. The molecule has 0 aromatic carbocycles. The van der Waals surface area contributed by atoms with Crippen molar-refractivity contribution in [3.8, 4) is 6.07 Å². The van der Waals surface area contributed by atoms with Crippen LogP contribution in [-0.2, 0) is 4.79 Å². The van der Waals surface area contributed by atoms with Crippen molar-refractivity contribution in [1.29, 1.82) is 5.26 Å². The summed E-state index contributed by atoms with van der Waals surface area (Å²) < 4.78 is 0. The summed E-state index contributed by atoms with van der Waals surface area (Å²) in [5.41, 5.74) is 6.62. The molecule has 4 N–H and O–H groups in total. The fourth-order valence-electron chi connectivity index (χ4n) is 1.74. The molecule has 0 radical (unpaired) electrons. The van der Waals surface area contributed by atoms with Gasteiger partial charge in [-0.1, -0.05) is 0 Å². The number of hydrogen-bond donors (Lipinski definition) is 3. The zero-order chi connectivity index (χ0) is 12.3. The first-order chi connectivity index (χ1) is 8.19. The number of carbonyl (C=O) groups is 1. The van der Waals surface area contributed by atoms with Gasteiger partial charge in [0.1, 0.15) is 11.9 Å². The number of nitrogen functional groups attached to an aromatic ring is 1. The fraction of sp³-hybridized carbons (Fsp3) is 0.364. The Morgan fingerprint density at radius 1 is 1.71 bits per heavy atom. The van der Waals surface area contributed by atoms with E-state index >= 15 is 0 Å². The van der Waals surface area contributed by atoms with Gasteiger partial charge in [-0.15, -0.1) is 0 Å². The molecule has 1 saturated heterocycles. The summed E-state index contributed by atoms with van der Waals surface area (Å²) in [7, 11) is 0. The van der Waals surface area contributed by atoms with Crippen molar-refractivity contribution in [2.45, 2.75) is 18.9 Å². The molecule has 2 heterocycles. The van der Waals surface area contributed by atoms with E-state index in [4.69, 9.17) is 11.0 Å². The van der Waals surface area contributed by atoms with Crippen molar-refractivity contribution < 1.29 is 4.79 Å². The highest BCUT2D eigenvalue weighted by molar-refractivity contribution is 5.78. The van der Waals surface area contributed by atoms with Gasteiger partial charge in [-0.3, -0.25) is 4.79 Å². The zero-order valence-corrected chi connectivity index (χ0v) is 9.23. The first-order valence-corrected chi connectivity index (χ1v) is 5.38. The minimum atomic E-state index is 0.0811. The standard InChI is InChI=1S/C11H13N5O/c12-4-7-3-9(13)11(14-5-7)15-6-8-1-2-10(17)16-8/h3,5,8H,1-2,6,13H2,(H,14,15)(H,16,17). The molecule has 1 aliphatic heterocycles. The lowest BCUT2D eigenvalue weighted by atomic mass is 10.2. The Bertz CT molecular complexity index is 479. The number of pyridine rings is 1. The summed E-state index contributed by atoms with van der Waals surface area (Å²) in [6.45, 7) is 0.592. The molecule has 1 aromatic rings. The van der Waals surface area contributed by atoms with Gasteiger partial charge in [-0.2, -0.15) is 5.26 Å². The third-order valence-corrected chi connectivity index (χ3v) is 2.65. The van der Waals surface area contributed by atoms with E-state index in [1.807, 2.05) is 6.07 Å². The lowest BCUT2D eigenvalue weighted by Gasteiger charge is -2.13. The number of nitriles is 1. The molecule has 6 nitrogen and oxygen atoms in total. The van der Waals surface area contributed by atoms with E-state index < -0.39 is 0 Å². The summed E-state index contributed by atoms with van der Waals surface area (Å²) in [4.78, 5) is 15.1. The maximum atomic E-state index is 11.0. The Kier molecular flexibility index (Phi) is 3.10. The van der Waals surface area contributed by atoms with Crippen LogP contribution in [0.1, 0.15) is 18.4 Å². The molecule has 0 spiro atoms. The third kappa shape index (κ3) is 2.64. The van der Waals surface area contributed by atoms with Crippen LogP contribution >= 0.6 is 0 Å². The first-order valence-electron chi connectivity index (χ1n) is 5.38. The molecule has 1 aliphatic rings. The molecule has 1 amide bonds.